The molecular weight excluding hydrogens is 328 g/mol. The molecule has 1 aromatic rings. The second-order valence-corrected chi connectivity index (χ2v) is 9.09. The van der Waals surface area contributed by atoms with Crippen molar-refractivity contribution in [3.63, 3.8) is 0 Å². The standard InChI is InChI=1S/C21H26N2OS/c1-21(2)11-16(22-15-9-4-3-5-10-15)20-17(12-21)23-18(13-25-20)19(24)14-7-6-8-14/h3-5,9-10,18,22,24H,6-8,11-13H2,1-2H3. The zero-order valence-electron chi connectivity index (χ0n) is 15.0. The van der Waals surface area contributed by atoms with Gasteiger partial charge in [0.25, 0.3) is 0 Å². The molecule has 3 nitrogen and oxygen atoms in total. The lowest BCUT2D eigenvalue weighted by Crippen LogP contribution is -2.32. The predicted octanol–water partition coefficient (Wildman–Crippen LogP) is 5.68. The minimum absolute atomic E-state index is 0.0501. The third kappa shape index (κ3) is 3.50. The van der Waals surface area contributed by atoms with Crippen LogP contribution < -0.4 is 5.32 Å². The van der Waals surface area contributed by atoms with Gasteiger partial charge in [0.15, 0.2) is 0 Å². The summed E-state index contributed by atoms with van der Waals surface area (Å²) in [6.07, 6.45) is 5.31. The number of para-hydroxylation sites is 1. The summed E-state index contributed by atoms with van der Waals surface area (Å²) in [4.78, 5) is 6.28. The van der Waals surface area contributed by atoms with Crippen LogP contribution in [-0.4, -0.2) is 22.6 Å². The predicted molar refractivity (Wildman–Crippen MR) is 107 cm³/mol. The molecule has 4 heteroatoms. The fraction of sp³-hybridized carbons (Fsp3) is 0.476. The molecule has 2 N–H and O–H groups in total. The largest absolute Gasteiger partial charge is 0.510 e. The molecule has 2 aliphatic carbocycles. The van der Waals surface area contributed by atoms with Gasteiger partial charge in [0.1, 0.15) is 11.8 Å². The second-order valence-electron chi connectivity index (χ2n) is 8.06. The number of hydrogen-bond donors (Lipinski definition) is 2. The van der Waals surface area contributed by atoms with Crippen molar-refractivity contribution < 1.29 is 5.11 Å². The Morgan fingerprint density at radius 2 is 1.96 bits per heavy atom. The molecule has 1 atom stereocenters. The Kier molecular flexibility index (Phi) is 4.40. The maximum absolute atomic E-state index is 10.5. The number of aliphatic hydroxyl groups excluding tert-OH is 1. The highest BCUT2D eigenvalue weighted by Crippen LogP contribution is 2.44. The molecule has 0 bridgehead atoms. The molecule has 0 aromatic heterocycles. The van der Waals surface area contributed by atoms with Crippen molar-refractivity contribution in [2.45, 2.75) is 52.0 Å². The molecular formula is C21H26N2OS. The summed E-state index contributed by atoms with van der Waals surface area (Å²) >= 11 is 1.86. The maximum Gasteiger partial charge on any atom is 0.117 e. The zero-order chi connectivity index (χ0) is 17.4. The van der Waals surface area contributed by atoms with Gasteiger partial charge in [-0.15, -0.1) is 11.8 Å². The van der Waals surface area contributed by atoms with E-state index >= 15 is 0 Å². The van der Waals surface area contributed by atoms with Gasteiger partial charge in [-0.1, -0.05) is 32.0 Å². The van der Waals surface area contributed by atoms with Crippen LogP contribution in [0.3, 0.4) is 0 Å². The van der Waals surface area contributed by atoms with E-state index < -0.39 is 0 Å². The van der Waals surface area contributed by atoms with Crippen LogP contribution in [0.15, 0.2) is 57.3 Å². The number of allylic oxidation sites excluding steroid dienone is 3. The van der Waals surface area contributed by atoms with E-state index in [2.05, 4.69) is 43.4 Å². The van der Waals surface area contributed by atoms with Gasteiger partial charge in [-0.2, -0.15) is 0 Å². The van der Waals surface area contributed by atoms with Crippen molar-refractivity contribution in [3.05, 3.63) is 52.3 Å². The summed E-state index contributed by atoms with van der Waals surface area (Å²) < 4.78 is 0. The van der Waals surface area contributed by atoms with E-state index in [0.29, 0.717) is 5.76 Å². The van der Waals surface area contributed by atoms with Gasteiger partial charge >= 0.3 is 0 Å². The monoisotopic (exact) mass is 354 g/mol. The average Bonchev–Trinajstić information content (AvgIpc) is 2.52. The molecule has 1 fully saturated rings. The number of hydrogen-bond acceptors (Lipinski definition) is 4. The third-order valence-electron chi connectivity index (χ3n) is 5.24. The van der Waals surface area contributed by atoms with Crippen molar-refractivity contribution in [2.24, 2.45) is 10.4 Å². The van der Waals surface area contributed by atoms with Gasteiger partial charge in [0, 0.05) is 22.0 Å². The molecule has 1 saturated carbocycles. The van der Waals surface area contributed by atoms with E-state index in [1.807, 2.05) is 17.8 Å². The fourth-order valence-electron chi connectivity index (χ4n) is 3.77. The first-order chi connectivity index (χ1) is 12.0. The van der Waals surface area contributed by atoms with Gasteiger partial charge in [-0.05, 0) is 55.2 Å². The fourth-order valence-corrected chi connectivity index (χ4v) is 4.92. The van der Waals surface area contributed by atoms with E-state index in [-0.39, 0.29) is 11.5 Å². The molecule has 1 aromatic carbocycles. The normalized spacial score (nSPS) is 25.0. The first-order valence-corrected chi connectivity index (χ1v) is 10.2. The lowest BCUT2D eigenvalue weighted by atomic mass is 9.78. The summed E-state index contributed by atoms with van der Waals surface area (Å²) in [5.41, 5.74) is 4.98. The molecule has 4 rings (SSSR count). The lowest BCUT2D eigenvalue weighted by molar-refractivity contribution is 0.349. The molecule has 1 unspecified atom stereocenters. The van der Waals surface area contributed by atoms with Crippen molar-refractivity contribution in [3.8, 4) is 0 Å². The SMILES string of the molecule is CC1(C)CC2=NC(C(O)=C3CCC3)CSC2=C(Nc2ccccc2)C1. The average molecular weight is 355 g/mol. The molecule has 25 heavy (non-hydrogen) atoms. The van der Waals surface area contributed by atoms with E-state index in [9.17, 15) is 5.11 Å². The van der Waals surface area contributed by atoms with E-state index in [0.717, 1.165) is 37.1 Å². The number of rotatable bonds is 3. The van der Waals surface area contributed by atoms with Crippen LogP contribution in [0.2, 0.25) is 0 Å². The zero-order valence-corrected chi connectivity index (χ0v) is 15.8. The lowest BCUT2D eigenvalue weighted by Gasteiger charge is -2.37. The first-order valence-electron chi connectivity index (χ1n) is 9.18. The summed E-state index contributed by atoms with van der Waals surface area (Å²) in [6.45, 7) is 4.61. The summed E-state index contributed by atoms with van der Waals surface area (Å²) in [5, 5.41) is 14.2. The number of nitrogens with one attached hydrogen (secondary N) is 1. The van der Waals surface area contributed by atoms with Gasteiger partial charge in [-0.25, -0.2) is 0 Å². The Bertz CT molecular complexity index is 755. The number of fused-ring (bicyclic) bond motifs is 1. The van der Waals surface area contributed by atoms with Crippen LogP contribution in [0.25, 0.3) is 0 Å². The van der Waals surface area contributed by atoms with Crippen LogP contribution in [0.4, 0.5) is 5.69 Å². The van der Waals surface area contributed by atoms with Gasteiger partial charge in [0.2, 0.25) is 0 Å². The van der Waals surface area contributed by atoms with Crippen LogP contribution in [0.5, 0.6) is 0 Å². The van der Waals surface area contributed by atoms with Crippen LogP contribution in [0, 0.1) is 5.41 Å². The Morgan fingerprint density at radius 1 is 1.20 bits per heavy atom. The number of aliphatic hydroxyl groups is 1. The number of thioether (sulfide) groups is 1. The van der Waals surface area contributed by atoms with Crippen LogP contribution in [-0.2, 0) is 0 Å². The number of anilines is 1. The molecule has 1 heterocycles. The molecule has 0 saturated heterocycles. The molecule has 1 aliphatic heterocycles. The topological polar surface area (TPSA) is 44.6 Å². The maximum atomic E-state index is 10.5. The minimum Gasteiger partial charge on any atom is -0.510 e. The Labute approximate surface area is 154 Å². The van der Waals surface area contributed by atoms with Crippen molar-refractivity contribution in [1.82, 2.24) is 0 Å². The highest BCUT2D eigenvalue weighted by Gasteiger charge is 2.36. The van der Waals surface area contributed by atoms with E-state index in [1.54, 1.807) is 0 Å². The summed E-state index contributed by atoms with van der Waals surface area (Å²) in [6, 6.07) is 10.3. The molecule has 132 valence electrons. The third-order valence-corrected chi connectivity index (χ3v) is 6.49. The first kappa shape index (κ1) is 16.8. The molecule has 0 amide bonds. The Morgan fingerprint density at radius 3 is 2.64 bits per heavy atom. The second kappa shape index (κ2) is 6.56. The summed E-state index contributed by atoms with van der Waals surface area (Å²) in [7, 11) is 0. The molecule has 3 aliphatic rings. The summed E-state index contributed by atoms with van der Waals surface area (Å²) in [5.74, 6) is 1.39. The van der Waals surface area contributed by atoms with Crippen molar-refractivity contribution >= 4 is 23.2 Å². The smallest absolute Gasteiger partial charge is 0.117 e. The Balaban J connectivity index is 1.66. The van der Waals surface area contributed by atoms with Crippen LogP contribution in [0.1, 0.15) is 46.0 Å². The molecule has 0 spiro atoms. The Hall–Kier alpha value is -1.68. The van der Waals surface area contributed by atoms with Gasteiger partial charge in [-0.3, -0.25) is 4.99 Å². The minimum atomic E-state index is -0.0501. The quantitative estimate of drug-likeness (QED) is 0.686. The number of nitrogens with zero attached hydrogens (tertiary/aromatic N) is 1. The van der Waals surface area contributed by atoms with E-state index in [4.69, 9.17) is 4.99 Å². The van der Waals surface area contributed by atoms with Gasteiger partial charge < -0.3 is 10.4 Å². The van der Waals surface area contributed by atoms with Crippen LogP contribution >= 0.6 is 11.8 Å². The van der Waals surface area contributed by atoms with Crippen molar-refractivity contribution in [2.75, 3.05) is 11.1 Å². The number of aliphatic imine (C=N–C) groups is 1. The van der Waals surface area contributed by atoms with Crippen molar-refractivity contribution in [1.29, 1.82) is 0 Å². The highest BCUT2D eigenvalue weighted by atomic mass is 32.2. The van der Waals surface area contributed by atoms with E-state index in [1.165, 1.54) is 28.3 Å². The molecule has 0 radical (unpaired) electrons. The van der Waals surface area contributed by atoms with Gasteiger partial charge in [0.05, 0.1) is 5.71 Å². The number of benzene rings is 1. The highest BCUT2D eigenvalue weighted by molar-refractivity contribution is 8.04.